The number of ether oxygens (including phenoxy) is 2. The van der Waals surface area contributed by atoms with Crippen LogP contribution in [0, 0.1) is 24.6 Å². The van der Waals surface area contributed by atoms with Crippen LogP contribution >= 0.6 is 22.7 Å². The average molecular weight is 720 g/mol. The molecule has 3 aromatic heterocycles. The lowest BCUT2D eigenvalue weighted by atomic mass is 10.2. The molecule has 0 saturated heterocycles. The Morgan fingerprint density at radius 2 is 1.96 bits per heavy atom. The number of aliphatic hydroxyl groups is 1. The van der Waals surface area contributed by atoms with Crippen LogP contribution in [0.4, 0.5) is 26.3 Å². The van der Waals surface area contributed by atoms with Gasteiger partial charge in [0, 0.05) is 24.1 Å². The maximum atomic E-state index is 14.6. The monoisotopic (exact) mass is 719 g/mol. The van der Waals surface area contributed by atoms with Gasteiger partial charge >= 0.3 is 5.97 Å². The summed E-state index contributed by atoms with van der Waals surface area (Å²) in [5, 5.41) is 35.9. The van der Waals surface area contributed by atoms with Crippen molar-refractivity contribution in [2.45, 2.75) is 38.7 Å². The number of halogens is 1. The molecule has 50 heavy (non-hydrogen) atoms. The molecule has 4 N–H and O–H groups in total. The van der Waals surface area contributed by atoms with Gasteiger partial charge in [0.25, 0.3) is 0 Å². The molecule has 0 radical (unpaired) electrons. The number of aromatic carboxylic acids is 1. The third-order valence-electron chi connectivity index (χ3n) is 7.57. The largest absolute Gasteiger partial charge is 0.491 e. The van der Waals surface area contributed by atoms with Crippen molar-refractivity contribution in [1.29, 1.82) is 0 Å². The number of aromatic nitrogens is 4. The Kier molecular flexibility index (Phi) is 13.0. The number of rotatable bonds is 17. The molecule has 0 aliphatic carbocycles. The van der Waals surface area contributed by atoms with Crippen molar-refractivity contribution in [3.63, 3.8) is 0 Å². The molecule has 262 valence electrons. The number of carboxylic acids is 1. The Morgan fingerprint density at radius 1 is 1.12 bits per heavy atom. The van der Waals surface area contributed by atoms with Gasteiger partial charge in [-0.15, -0.1) is 21.5 Å². The molecule has 5 rings (SSSR count). The van der Waals surface area contributed by atoms with Gasteiger partial charge in [-0.3, -0.25) is 0 Å². The van der Waals surface area contributed by atoms with Crippen molar-refractivity contribution in [3.8, 4) is 17.6 Å². The second kappa shape index (κ2) is 17.8. The molecular formula is C35H38FN7O5S2. The predicted octanol–water partition coefficient (Wildman–Crippen LogP) is 5.94. The number of fused-ring (bicyclic) bond motifs is 1. The Labute approximate surface area is 297 Å². The van der Waals surface area contributed by atoms with E-state index in [9.17, 15) is 19.4 Å². The van der Waals surface area contributed by atoms with Crippen LogP contribution in [-0.2, 0) is 11.2 Å². The first-order chi connectivity index (χ1) is 24.3. The van der Waals surface area contributed by atoms with Gasteiger partial charge in [-0.2, -0.15) is 0 Å². The highest BCUT2D eigenvalue weighted by atomic mass is 32.1. The van der Waals surface area contributed by atoms with Crippen molar-refractivity contribution in [3.05, 3.63) is 76.0 Å². The number of hydrogen-bond donors (Lipinski definition) is 4. The van der Waals surface area contributed by atoms with Crippen molar-refractivity contribution in [2.75, 3.05) is 50.7 Å². The number of aryl methyl sites for hydroxylation is 2. The minimum atomic E-state index is -1.15. The van der Waals surface area contributed by atoms with E-state index in [0.717, 1.165) is 15.8 Å². The number of aliphatic hydroxyl groups excluding tert-OH is 1. The summed E-state index contributed by atoms with van der Waals surface area (Å²) in [7, 11) is 3.33. The fourth-order valence-corrected chi connectivity index (χ4v) is 6.95. The number of hydrogen-bond acceptors (Lipinski definition) is 13. The maximum absolute atomic E-state index is 14.6. The normalized spacial score (nSPS) is 11.6. The summed E-state index contributed by atoms with van der Waals surface area (Å²) in [6.45, 7) is 2.87. The Bertz CT molecular complexity index is 1940. The highest BCUT2D eigenvalue weighted by Gasteiger charge is 2.24. The molecule has 0 bridgehead atoms. The molecule has 0 saturated carbocycles. The first-order valence-corrected chi connectivity index (χ1v) is 17.6. The first kappa shape index (κ1) is 36.6. The van der Waals surface area contributed by atoms with Crippen LogP contribution in [0.5, 0.6) is 5.75 Å². The third kappa shape index (κ3) is 9.49. The predicted molar refractivity (Wildman–Crippen MR) is 194 cm³/mol. The zero-order valence-corrected chi connectivity index (χ0v) is 29.5. The summed E-state index contributed by atoms with van der Waals surface area (Å²) >= 11 is 2.76. The van der Waals surface area contributed by atoms with Gasteiger partial charge in [0.2, 0.25) is 0 Å². The average Bonchev–Trinajstić information content (AvgIpc) is 3.73. The summed E-state index contributed by atoms with van der Waals surface area (Å²) in [6, 6.07) is 14.3. The van der Waals surface area contributed by atoms with E-state index in [1.165, 1.54) is 34.8 Å². The number of thiazole rings is 2. The third-order valence-corrected chi connectivity index (χ3v) is 9.66. The zero-order chi connectivity index (χ0) is 35.5. The number of benzene rings is 2. The van der Waals surface area contributed by atoms with Crippen molar-refractivity contribution in [1.82, 2.24) is 25.5 Å². The van der Waals surface area contributed by atoms with Crippen molar-refractivity contribution in [2.24, 2.45) is 0 Å². The molecular weight excluding hydrogens is 682 g/mol. The molecule has 0 amide bonds. The number of methoxy groups -OCH3 is 1. The summed E-state index contributed by atoms with van der Waals surface area (Å²) in [5.74, 6) is 5.25. The molecule has 0 aliphatic heterocycles. The van der Waals surface area contributed by atoms with Gasteiger partial charge in [0.05, 0.1) is 36.1 Å². The number of carbonyl (C=O) groups is 1. The van der Waals surface area contributed by atoms with E-state index >= 15 is 0 Å². The lowest BCUT2D eigenvalue weighted by Crippen LogP contribution is -2.23. The molecule has 1 unspecified atom stereocenters. The van der Waals surface area contributed by atoms with E-state index in [2.05, 4.69) is 42.6 Å². The van der Waals surface area contributed by atoms with Gasteiger partial charge in [0.15, 0.2) is 39.2 Å². The van der Waals surface area contributed by atoms with E-state index in [1.807, 2.05) is 42.2 Å². The summed E-state index contributed by atoms with van der Waals surface area (Å²) in [4.78, 5) is 23.8. The standard InChI is InChI=1S/C35H38FN7O5S2/c1-22-19-30(41-42-32(22)40-34-38-26-11-4-5-12-28(26)49-34)43(17-7-10-24(21-44)47-3)35-39-31(33(45)46)29(50-35)13-8-18-48-27-15-14-23(20-25(27)36)9-6-16-37-2/h4-5,11-12,14-15,19-20,24,37,44H,7-8,10,13,16-18,21H2,1-3H3,(H,45,46)(H,38,40,42). The molecule has 0 spiro atoms. The van der Waals surface area contributed by atoms with Crippen LogP contribution in [0.2, 0.25) is 0 Å². The number of carboxylic acid groups (broad SMARTS) is 1. The molecule has 5 aromatic rings. The molecule has 2 aromatic carbocycles. The lowest BCUT2D eigenvalue weighted by Gasteiger charge is -2.22. The highest BCUT2D eigenvalue weighted by Crippen LogP contribution is 2.34. The summed E-state index contributed by atoms with van der Waals surface area (Å²) < 4.78 is 26.7. The van der Waals surface area contributed by atoms with Crippen LogP contribution in [0.15, 0.2) is 48.5 Å². The van der Waals surface area contributed by atoms with Crippen LogP contribution in [0.1, 0.15) is 45.8 Å². The molecule has 15 heteroatoms. The van der Waals surface area contributed by atoms with Crippen LogP contribution in [-0.4, -0.2) is 82.9 Å². The SMILES string of the molecule is CNCC#Cc1ccc(OCCCc2sc(N(CCCC(CO)OC)c3cc(C)c(Nc4nc5ccccc5s4)nn3)nc2C(=O)O)c(F)c1. The smallest absolute Gasteiger partial charge is 0.355 e. The lowest BCUT2D eigenvalue weighted by molar-refractivity contribution is 0.0424. The van der Waals surface area contributed by atoms with Crippen LogP contribution in [0.25, 0.3) is 10.2 Å². The molecule has 12 nitrogen and oxygen atoms in total. The van der Waals surface area contributed by atoms with Crippen molar-refractivity contribution >= 4 is 60.8 Å². The van der Waals surface area contributed by atoms with Gasteiger partial charge in [-0.25, -0.2) is 19.2 Å². The number of nitrogens with one attached hydrogen (secondary N) is 2. The second-order valence-electron chi connectivity index (χ2n) is 11.2. The molecule has 0 aliphatic rings. The van der Waals surface area contributed by atoms with Gasteiger partial charge in [0.1, 0.15) is 0 Å². The second-order valence-corrected chi connectivity index (χ2v) is 13.3. The summed E-state index contributed by atoms with van der Waals surface area (Å²) in [5.41, 5.74) is 2.18. The van der Waals surface area contributed by atoms with Crippen molar-refractivity contribution < 1.29 is 28.9 Å². The minimum Gasteiger partial charge on any atom is -0.491 e. The van der Waals surface area contributed by atoms with Crippen LogP contribution in [0.3, 0.4) is 0 Å². The van der Waals surface area contributed by atoms with Gasteiger partial charge in [-0.05, 0) is 81.6 Å². The Morgan fingerprint density at radius 3 is 2.68 bits per heavy atom. The number of nitrogens with zero attached hydrogens (tertiary/aromatic N) is 5. The fraction of sp³-hybridized carbons (Fsp3) is 0.343. The molecule has 1 atom stereocenters. The van der Waals surface area contributed by atoms with E-state index in [0.29, 0.717) is 71.1 Å². The first-order valence-electron chi connectivity index (χ1n) is 16.0. The zero-order valence-electron chi connectivity index (χ0n) is 27.9. The highest BCUT2D eigenvalue weighted by molar-refractivity contribution is 7.22. The fourth-order valence-electron chi connectivity index (χ4n) is 4.96. The van der Waals surface area contributed by atoms with Crippen LogP contribution < -0.4 is 20.3 Å². The quantitative estimate of drug-likeness (QED) is 0.0664. The summed E-state index contributed by atoms with van der Waals surface area (Å²) in [6.07, 6.45) is 1.62. The van der Waals surface area contributed by atoms with Gasteiger partial charge in [-0.1, -0.05) is 35.3 Å². The maximum Gasteiger partial charge on any atom is 0.355 e. The number of anilines is 4. The molecule has 0 fully saturated rings. The van der Waals surface area contributed by atoms with Gasteiger partial charge < -0.3 is 35.2 Å². The number of para-hydroxylation sites is 1. The van der Waals surface area contributed by atoms with E-state index in [1.54, 1.807) is 20.2 Å². The Balaban J connectivity index is 1.32. The molecule has 3 heterocycles. The Hall–Kier alpha value is -4.72. The minimum absolute atomic E-state index is 0.0605. The topological polar surface area (TPSA) is 155 Å². The van der Waals surface area contributed by atoms with E-state index in [-0.39, 0.29) is 30.8 Å². The van der Waals surface area contributed by atoms with E-state index in [4.69, 9.17) is 9.47 Å². The van der Waals surface area contributed by atoms with E-state index < -0.39 is 11.8 Å².